The third-order valence-corrected chi connectivity index (χ3v) is 4.34. The molecule has 0 bridgehead atoms. The highest BCUT2D eigenvalue weighted by atomic mass is 32.2. The van der Waals surface area contributed by atoms with Crippen molar-refractivity contribution < 1.29 is 8.42 Å². The molecule has 0 radical (unpaired) electrons. The molecule has 1 aromatic carbocycles. The van der Waals surface area contributed by atoms with Crippen LogP contribution in [-0.2, 0) is 16.9 Å². The maximum absolute atomic E-state index is 11.9. The van der Waals surface area contributed by atoms with Crippen molar-refractivity contribution in [3.63, 3.8) is 0 Å². The number of sulfone groups is 1. The van der Waals surface area contributed by atoms with Crippen LogP contribution in [0.25, 0.3) is 0 Å². The average Bonchev–Trinajstić information content (AvgIpc) is 2.92. The van der Waals surface area contributed by atoms with Crippen molar-refractivity contribution in [3.05, 3.63) is 48.9 Å². The first-order valence-electron chi connectivity index (χ1n) is 7.07. The highest BCUT2D eigenvalue weighted by molar-refractivity contribution is 7.90. The Balaban J connectivity index is 1.86. The minimum absolute atomic E-state index is 0.211. The molecule has 2 N–H and O–H groups in total. The summed E-state index contributed by atoms with van der Waals surface area (Å²) in [5.41, 5.74) is 0.461. The molecule has 0 aliphatic rings. The van der Waals surface area contributed by atoms with Crippen LogP contribution in [0.5, 0.6) is 0 Å². The van der Waals surface area contributed by atoms with Crippen LogP contribution in [0.1, 0.15) is 0 Å². The normalized spacial score (nSPS) is 11.2. The Hall–Kier alpha value is -2.94. The van der Waals surface area contributed by atoms with Crippen LogP contribution in [0.15, 0.2) is 53.8 Å². The molecule has 9 heteroatoms. The molecule has 0 saturated carbocycles. The van der Waals surface area contributed by atoms with Gasteiger partial charge in [0.25, 0.3) is 0 Å². The summed E-state index contributed by atoms with van der Waals surface area (Å²) in [4.78, 5) is 8.46. The summed E-state index contributed by atoms with van der Waals surface area (Å²) in [6.45, 7) is 0. The molecule has 8 nitrogen and oxygen atoms in total. The smallest absolute Gasteiger partial charge is 0.177 e. The third-order valence-electron chi connectivity index (χ3n) is 3.19. The quantitative estimate of drug-likeness (QED) is 0.731. The van der Waals surface area contributed by atoms with Gasteiger partial charge in [-0.2, -0.15) is 5.10 Å². The zero-order chi connectivity index (χ0) is 17.2. The van der Waals surface area contributed by atoms with Crippen molar-refractivity contribution >= 4 is 33.0 Å². The van der Waals surface area contributed by atoms with Gasteiger partial charge in [0.15, 0.2) is 15.7 Å². The van der Waals surface area contributed by atoms with Gasteiger partial charge in [-0.3, -0.25) is 4.68 Å². The van der Waals surface area contributed by atoms with Gasteiger partial charge in [0.1, 0.15) is 18.0 Å². The molecule has 0 aliphatic heterocycles. The fourth-order valence-corrected chi connectivity index (χ4v) is 2.98. The molecule has 2 heterocycles. The Morgan fingerprint density at radius 2 is 1.71 bits per heavy atom. The maximum Gasteiger partial charge on any atom is 0.177 e. The van der Waals surface area contributed by atoms with Crippen LogP contribution in [0.4, 0.5) is 23.1 Å². The number of rotatable bonds is 5. The zero-order valence-electron chi connectivity index (χ0n) is 13.1. The Labute approximate surface area is 139 Å². The van der Waals surface area contributed by atoms with Gasteiger partial charge in [0, 0.05) is 31.6 Å². The van der Waals surface area contributed by atoms with E-state index >= 15 is 0 Å². The molecule has 3 aromatic rings. The maximum atomic E-state index is 11.9. The standard InChI is InChI=1S/C15H16N6O2S/c1-21-8-7-13(20-21)19-15-9-14(16-10-17-15)18-11-5-3-4-6-12(11)24(2,22)23/h3-10H,1-2H3,(H2,16,17,18,19,20). The monoisotopic (exact) mass is 344 g/mol. The molecule has 0 spiro atoms. The minimum atomic E-state index is -3.34. The van der Waals surface area contributed by atoms with Gasteiger partial charge in [-0.1, -0.05) is 12.1 Å². The number of anilines is 4. The van der Waals surface area contributed by atoms with E-state index in [2.05, 4.69) is 25.7 Å². The second kappa shape index (κ2) is 6.28. The molecular weight excluding hydrogens is 328 g/mol. The van der Waals surface area contributed by atoms with Crippen LogP contribution in [0.2, 0.25) is 0 Å². The topological polar surface area (TPSA) is 102 Å². The number of aryl methyl sites for hydroxylation is 1. The lowest BCUT2D eigenvalue weighted by molar-refractivity contribution is 0.602. The summed E-state index contributed by atoms with van der Waals surface area (Å²) < 4.78 is 25.4. The number of nitrogens with one attached hydrogen (secondary N) is 2. The molecule has 3 rings (SSSR count). The summed E-state index contributed by atoms with van der Waals surface area (Å²) in [7, 11) is -1.52. The summed E-state index contributed by atoms with van der Waals surface area (Å²) in [6.07, 6.45) is 4.36. The van der Waals surface area contributed by atoms with E-state index in [9.17, 15) is 8.42 Å². The Morgan fingerprint density at radius 3 is 2.38 bits per heavy atom. The first-order valence-corrected chi connectivity index (χ1v) is 8.96. The first kappa shape index (κ1) is 15.9. The summed E-state index contributed by atoms with van der Waals surface area (Å²) in [5.74, 6) is 1.67. The molecule has 0 fully saturated rings. The van der Waals surface area contributed by atoms with Crippen molar-refractivity contribution in [2.75, 3.05) is 16.9 Å². The fourth-order valence-electron chi connectivity index (χ4n) is 2.14. The van der Waals surface area contributed by atoms with Crippen molar-refractivity contribution in [3.8, 4) is 0 Å². The molecular formula is C15H16N6O2S. The van der Waals surface area contributed by atoms with Crippen LogP contribution in [0, 0.1) is 0 Å². The van der Waals surface area contributed by atoms with Gasteiger partial charge in [-0.15, -0.1) is 0 Å². The van der Waals surface area contributed by atoms with Gasteiger partial charge in [-0.25, -0.2) is 18.4 Å². The highest BCUT2D eigenvalue weighted by Gasteiger charge is 2.13. The number of benzene rings is 1. The highest BCUT2D eigenvalue weighted by Crippen LogP contribution is 2.24. The van der Waals surface area contributed by atoms with E-state index in [1.165, 1.54) is 12.6 Å². The summed E-state index contributed by atoms with van der Waals surface area (Å²) >= 11 is 0. The fraction of sp³-hybridized carbons (Fsp3) is 0.133. The number of para-hydroxylation sites is 1. The van der Waals surface area contributed by atoms with Crippen LogP contribution in [0.3, 0.4) is 0 Å². The van der Waals surface area contributed by atoms with E-state index in [1.54, 1.807) is 35.0 Å². The molecule has 0 saturated heterocycles. The lowest BCUT2D eigenvalue weighted by Crippen LogP contribution is -2.04. The number of hydrogen-bond donors (Lipinski definition) is 2. The second-order valence-corrected chi connectivity index (χ2v) is 7.17. The van der Waals surface area contributed by atoms with Crippen molar-refractivity contribution in [2.45, 2.75) is 4.90 Å². The summed E-state index contributed by atoms with van der Waals surface area (Å²) in [5, 5.41) is 10.3. The Morgan fingerprint density at radius 1 is 1.00 bits per heavy atom. The molecule has 124 valence electrons. The predicted molar refractivity (Wildman–Crippen MR) is 91.4 cm³/mol. The lowest BCUT2D eigenvalue weighted by atomic mass is 10.3. The van der Waals surface area contributed by atoms with E-state index in [0.29, 0.717) is 23.1 Å². The van der Waals surface area contributed by atoms with Gasteiger partial charge in [0.05, 0.1) is 10.6 Å². The van der Waals surface area contributed by atoms with Crippen molar-refractivity contribution in [1.82, 2.24) is 19.7 Å². The summed E-state index contributed by atoms with van der Waals surface area (Å²) in [6, 6.07) is 10.2. The molecule has 0 atom stereocenters. The molecule has 0 amide bonds. The van der Waals surface area contributed by atoms with E-state index in [0.717, 1.165) is 0 Å². The number of nitrogens with zero attached hydrogens (tertiary/aromatic N) is 4. The van der Waals surface area contributed by atoms with Crippen LogP contribution < -0.4 is 10.6 Å². The molecule has 0 unspecified atom stereocenters. The van der Waals surface area contributed by atoms with Gasteiger partial charge >= 0.3 is 0 Å². The molecule has 0 aliphatic carbocycles. The Bertz CT molecular complexity index is 967. The Kier molecular flexibility index (Phi) is 4.17. The van der Waals surface area contributed by atoms with E-state index in [1.807, 2.05) is 19.3 Å². The average molecular weight is 344 g/mol. The number of hydrogen-bond acceptors (Lipinski definition) is 7. The van der Waals surface area contributed by atoms with Gasteiger partial charge in [-0.05, 0) is 12.1 Å². The zero-order valence-corrected chi connectivity index (χ0v) is 13.9. The predicted octanol–water partition coefficient (Wildman–Crippen LogP) is 2.10. The van der Waals surface area contributed by atoms with E-state index < -0.39 is 9.84 Å². The lowest BCUT2D eigenvalue weighted by Gasteiger charge is -2.10. The van der Waals surface area contributed by atoms with Gasteiger partial charge < -0.3 is 10.6 Å². The SMILES string of the molecule is Cn1ccc(Nc2cc(Nc3ccccc3S(C)(=O)=O)ncn2)n1. The van der Waals surface area contributed by atoms with Gasteiger partial charge in [0.2, 0.25) is 0 Å². The van der Waals surface area contributed by atoms with Crippen LogP contribution >= 0.6 is 0 Å². The van der Waals surface area contributed by atoms with Crippen molar-refractivity contribution in [2.24, 2.45) is 7.05 Å². The largest absolute Gasteiger partial charge is 0.339 e. The third kappa shape index (κ3) is 3.69. The first-order chi connectivity index (χ1) is 11.4. The minimum Gasteiger partial charge on any atom is -0.339 e. The second-order valence-electron chi connectivity index (χ2n) is 5.18. The molecule has 2 aromatic heterocycles. The van der Waals surface area contributed by atoms with E-state index in [-0.39, 0.29) is 4.90 Å². The van der Waals surface area contributed by atoms with Crippen LogP contribution in [-0.4, -0.2) is 34.4 Å². The molecule has 24 heavy (non-hydrogen) atoms. The van der Waals surface area contributed by atoms with Crippen molar-refractivity contribution in [1.29, 1.82) is 0 Å². The van der Waals surface area contributed by atoms with E-state index in [4.69, 9.17) is 0 Å². The number of aromatic nitrogens is 4.